The fraction of sp³-hybridized carbons (Fsp3) is 0.857. The summed E-state index contributed by atoms with van der Waals surface area (Å²) in [5, 5.41) is 0. The Morgan fingerprint density at radius 2 is 1.45 bits per heavy atom. The lowest BCUT2D eigenvalue weighted by molar-refractivity contribution is -0.146. The van der Waals surface area contributed by atoms with Gasteiger partial charge in [-0.2, -0.15) is 0 Å². The Kier molecular flexibility index (Phi) is 13.9. The van der Waals surface area contributed by atoms with Crippen LogP contribution in [-0.4, -0.2) is 34.0 Å². The molecule has 0 rings (SSSR count). The molecular weight excluding hydrogens is 328 g/mol. The van der Waals surface area contributed by atoms with Crippen LogP contribution in [0.15, 0.2) is 0 Å². The minimum atomic E-state index is -0.529. The zero-order valence-electron chi connectivity index (χ0n) is 13.4. The molecule has 130 valence electrons. The standard InChI is InChI=1S/C14H26O6S2/c1-4-18-22-12(3)20-14(16)10-8-6-5-7-9-13(15)19-11(2)21-17/h11-12,17H,4-10H2,1-3H3. The van der Waals surface area contributed by atoms with Crippen molar-refractivity contribution in [3.8, 4) is 0 Å². The van der Waals surface area contributed by atoms with E-state index in [1.165, 1.54) is 0 Å². The SMILES string of the molecule is CCOSC(C)OC(=O)CCCCCCC(=O)OC(C)SO. The molecule has 0 fully saturated rings. The molecule has 22 heavy (non-hydrogen) atoms. The summed E-state index contributed by atoms with van der Waals surface area (Å²) in [5.41, 5.74) is -0.826. The average molecular weight is 354 g/mol. The first-order chi connectivity index (χ1) is 10.5. The fourth-order valence-corrected chi connectivity index (χ4v) is 2.21. The van der Waals surface area contributed by atoms with Gasteiger partial charge in [0.05, 0.1) is 6.61 Å². The third kappa shape index (κ3) is 13.2. The maximum Gasteiger partial charge on any atom is 0.306 e. The Labute approximate surface area is 141 Å². The average Bonchev–Trinajstić information content (AvgIpc) is 2.48. The predicted molar refractivity (Wildman–Crippen MR) is 88.2 cm³/mol. The summed E-state index contributed by atoms with van der Waals surface area (Å²) in [5.74, 6) is -0.539. The van der Waals surface area contributed by atoms with Gasteiger partial charge in [-0.3, -0.25) is 9.59 Å². The Hall–Kier alpha value is -0.440. The highest BCUT2D eigenvalue weighted by atomic mass is 32.2. The van der Waals surface area contributed by atoms with Gasteiger partial charge in [0.2, 0.25) is 0 Å². The van der Waals surface area contributed by atoms with Crippen molar-refractivity contribution in [2.75, 3.05) is 6.61 Å². The van der Waals surface area contributed by atoms with Crippen LogP contribution in [0.1, 0.15) is 59.3 Å². The van der Waals surface area contributed by atoms with E-state index in [9.17, 15) is 9.59 Å². The van der Waals surface area contributed by atoms with Gasteiger partial charge in [-0.25, -0.2) is 0 Å². The fourth-order valence-electron chi connectivity index (χ4n) is 1.59. The number of hydrogen-bond donors (Lipinski definition) is 1. The van der Waals surface area contributed by atoms with Crippen LogP contribution in [-0.2, 0) is 23.2 Å². The molecule has 1 N–H and O–H groups in total. The number of esters is 2. The lowest BCUT2D eigenvalue weighted by Gasteiger charge is -2.11. The first-order valence-corrected chi connectivity index (χ1v) is 9.11. The van der Waals surface area contributed by atoms with Gasteiger partial charge in [-0.05, 0) is 33.6 Å². The monoisotopic (exact) mass is 354 g/mol. The van der Waals surface area contributed by atoms with Crippen LogP contribution in [0.5, 0.6) is 0 Å². The van der Waals surface area contributed by atoms with Gasteiger partial charge < -0.3 is 18.2 Å². The van der Waals surface area contributed by atoms with Crippen molar-refractivity contribution in [2.24, 2.45) is 0 Å². The van der Waals surface area contributed by atoms with E-state index in [2.05, 4.69) is 0 Å². The van der Waals surface area contributed by atoms with Gasteiger partial charge in [0.25, 0.3) is 0 Å². The second-order valence-corrected chi connectivity index (χ2v) is 6.60. The highest BCUT2D eigenvalue weighted by Gasteiger charge is 2.11. The minimum absolute atomic E-state index is 0.229. The molecule has 2 unspecified atom stereocenters. The van der Waals surface area contributed by atoms with Crippen molar-refractivity contribution < 1.29 is 27.8 Å². The summed E-state index contributed by atoms with van der Waals surface area (Å²) >= 11 is 1.66. The summed E-state index contributed by atoms with van der Waals surface area (Å²) in [4.78, 5) is 22.8. The zero-order valence-corrected chi connectivity index (χ0v) is 15.0. The third-order valence-electron chi connectivity index (χ3n) is 2.58. The number of ether oxygens (including phenoxy) is 2. The molecule has 2 atom stereocenters. The highest BCUT2D eigenvalue weighted by molar-refractivity contribution is 7.95. The van der Waals surface area contributed by atoms with E-state index in [1.807, 2.05) is 6.92 Å². The third-order valence-corrected chi connectivity index (χ3v) is 3.71. The smallest absolute Gasteiger partial charge is 0.306 e. The van der Waals surface area contributed by atoms with Crippen LogP contribution in [0.4, 0.5) is 0 Å². The molecule has 8 heteroatoms. The maximum absolute atomic E-state index is 11.5. The van der Waals surface area contributed by atoms with Crippen LogP contribution < -0.4 is 0 Å². The van der Waals surface area contributed by atoms with Crippen molar-refractivity contribution in [3.63, 3.8) is 0 Å². The zero-order chi connectivity index (χ0) is 16.8. The molecule has 0 aliphatic carbocycles. The van der Waals surface area contributed by atoms with Gasteiger partial charge in [0.1, 0.15) is 0 Å². The number of unbranched alkanes of at least 4 members (excludes halogenated alkanes) is 3. The molecule has 0 aromatic heterocycles. The molecule has 0 heterocycles. The van der Waals surface area contributed by atoms with Gasteiger partial charge in [0.15, 0.2) is 10.9 Å². The predicted octanol–water partition coefficient (Wildman–Crippen LogP) is 4.00. The van der Waals surface area contributed by atoms with Crippen LogP contribution in [0.2, 0.25) is 0 Å². The van der Waals surface area contributed by atoms with Crippen molar-refractivity contribution >= 4 is 36.0 Å². The van der Waals surface area contributed by atoms with Crippen molar-refractivity contribution in [3.05, 3.63) is 0 Å². The van der Waals surface area contributed by atoms with E-state index >= 15 is 0 Å². The van der Waals surface area contributed by atoms with Gasteiger partial charge >= 0.3 is 11.9 Å². The topological polar surface area (TPSA) is 82.1 Å². The quantitative estimate of drug-likeness (QED) is 0.230. The van der Waals surface area contributed by atoms with E-state index in [4.69, 9.17) is 18.2 Å². The molecule has 0 saturated heterocycles. The van der Waals surface area contributed by atoms with E-state index < -0.39 is 5.44 Å². The normalized spacial score (nSPS) is 13.5. The molecular formula is C14H26O6S2. The van der Waals surface area contributed by atoms with E-state index in [0.29, 0.717) is 37.9 Å². The minimum Gasteiger partial charge on any atom is -0.449 e. The molecule has 0 aromatic carbocycles. The van der Waals surface area contributed by atoms with E-state index in [-0.39, 0.29) is 17.4 Å². The Balaban J connectivity index is 3.49. The highest BCUT2D eigenvalue weighted by Crippen LogP contribution is 2.15. The number of rotatable bonds is 13. The summed E-state index contributed by atoms with van der Waals surface area (Å²) in [6.07, 6.45) is 3.87. The lowest BCUT2D eigenvalue weighted by Crippen LogP contribution is -2.12. The van der Waals surface area contributed by atoms with Crippen LogP contribution >= 0.6 is 24.1 Å². The Morgan fingerprint density at radius 1 is 0.955 bits per heavy atom. The Bertz CT molecular complexity index is 314. The first kappa shape index (κ1) is 21.6. The van der Waals surface area contributed by atoms with Crippen molar-refractivity contribution in [2.45, 2.75) is 70.2 Å². The molecule has 0 bridgehead atoms. The summed E-state index contributed by atoms with van der Waals surface area (Å²) in [7, 11) is 0. The second-order valence-electron chi connectivity index (χ2n) is 4.64. The van der Waals surface area contributed by atoms with Crippen LogP contribution in [0, 0.1) is 0 Å². The van der Waals surface area contributed by atoms with Gasteiger partial charge in [-0.1, -0.05) is 12.8 Å². The van der Waals surface area contributed by atoms with E-state index in [1.54, 1.807) is 13.8 Å². The lowest BCUT2D eigenvalue weighted by atomic mass is 10.1. The molecule has 0 aromatic rings. The van der Waals surface area contributed by atoms with Crippen molar-refractivity contribution in [1.29, 1.82) is 0 Å². The maximum atomic E-state index is 11.5. The van der Waals surface area contributed by atoms with Crippen LogP contribution in [0.25, 0.3) is 0 Å². The molecule has 6 nitrogen and oxygen atoms in total. The molecule has 0 spiro atoms. The number of carbonyl (C=O) groups excluding carboxylic acids is 2. The molecule has 0 aliphatic rings. The number of carbonyl (C=O) groups is 2. The number of hydrogen-bond acceptors (Lipinski definition) is 8. The van der Waals surface area contributed by atoms with E-state index in [0.717, 1.165) is 31.3 Å². The summed E-state index contributed by atoms with van der Waals surface area (Å²) in [6, 6.07) is 0. The molecule has 0 aliphatic heterocycles. The molecule has 0 saturated carbocycles. The van der Waals surface area contributed by atoms with Gasteiger partial charge in [0, 0.05) is 36.9 Å². The summed E-state index contributed by atoms with van der Waals surface area (Å²) in [6.45, 7) is 5.83. The molecule has 0 radical (unpaired) electrons. The molecule has 0 amide bonds. The first-order valence-electron chi connectivity index (χ1n) is 7.47. The van der Waals surface area contributed by atoms with Crippen molar-refractivity contribution in [1.82, 2.24) is 0 Å². The largest absolute Gasteiger partial charge is 0.449 e. The summed E-state index contributed by atoms with van der Waals surface area (Å²) < 4.78 is 23.8. The van der Waals surface area contributed by atoms with Gasteiger partial charge in [-0.15, -0.1) is 0 Å². The van der Waals surface area contributed by atoms with Crippen LogP contribution in [0.3, 0.4) is 0 Å². The Morgan fingerprint density at radius 3 is 1.91 bits per heavy atom. The second kappa shape index (κ2) is 14.2.